The van der Waals surface area contributed by atoms with Gasteiger partial charge in [0.1, 0.15) is 13.2 Å². The zero-order chi connectivity index (χ0) is 52.2. The van der Waals surface area contributed by atoms with Gasteiger partial charge in [-0.25, -0.2) is 0 Å². The van der Waals surface area contributed by atoms with Crippen LogP contribution in [0.15, 0.2) is 60.8 Å². The van der Waals surface area contributed by atoms with E-state index in [0.717, 1.165) is 96.3 Å². The summed E-state index contributed by atoms with van der Waals surface area (Å²) in [4.78, 5) is 38.3. The fourth-order valence-corrected chi connectivity index (χ4v) is 9.12. The van der Waals surface area contributed by atoms with E-state index in [1.807, 2.05) is 0 Å². The number of hydrogen-bond donors (Lipinski definition) is 0. The van der Waals surface area contributed by atoms with Crippen LogP contribution < -0.4 is 0 Å². The average Bonchev–Trinajstić information content (AvgIpc) is 3.38. The molecule has 0 radical (unpaired) electrons. The number of hydrogen-bond acceptors (Lipinski definition) is 6. The quantitative estimate of drug-likeness (QED) is 0.0261. The highest BCUT2D eigenvalue weighted by atomic mass is 16.6. The summed E-state index contributed by atoms with van der Waals surface area (Å²) in [7, 11) is 0. The second kappa shape index (κ2) is 60.7. The zero-order valence-corrected chi connectivity index (χ0v) is 47.9. The largest absolute Gasteiger partial charge is 0.462 e. The third-order valence-electron chi connectivity index (χ3n) is 13.8. The van der Waals surface area contributed by atoms with Crippen LogP contribution in [0.3, 0.4) is 0 Å². The van der Waals surface area contributed by atoms with Gasteiger partial charge >= 0.3 is 17.9 Å². The summed E-state index contributed by atoms with van der Waals surface area (Å²) >= 11 is 0. The van der Waals surface area contributed by atoms with Crippen molar-refractivity contribution < 1.29 is 28.6 Å². The van der Waals surface area contributed by atoms with E-state index >= 15 is 0 Å². The van der Waals surface area contributed by atoms with Crippen LogP contribution >= 0.6 is 0 Å². The number of carbonyl (C=O) groups is 3. The number of allylic oxidation sites excluding steroid dienone is 10. The molecule has 0 rings (SSSR count). The molecule has 72 heavy (non-hydrogen) atoms. The summed E-state index contributed by atoms with van der Waals surface area (Å²) < 4.78 is 16.9. The van der Waals surface area contributed by atoms with Crippen LogP contribution in [0.4, 0.5) is 0 Å². The summed E-state index contributed by atoms with van der Waals surface area (Å²) in [6, 6.07) is 0. The van der Waals surface area contributed by atoms with E-state index in [2.05, 4.69) is 81.5 Å². The molecule has 0 fully saturated rings. The Morgan fingerprint density at radius 1 is 0.292 bits per heavy atom. The van der Waals surface area contributed by atoms with Crippen LogP contribution in [0.5, 0.6) is 0 Å². The Hall–Kier alpha value is -2.89. The Morgan fingerprint density at radius 3 is 0.847 bits per heavy atom. The molecule has 0 N–H and O–H groups in total. The predicted octanol–water partition coefficient (Wildman–Crippen LogP) is 21.2. The summed E-state index contributed by atoms with van der Waals surface area (Å²) in [6.07, 6.45) is 76.4. The highest BCUT2D eigenvalue weighted by Crippen LogP contribution is 2.17. The molecule has 0 aliphatic heterocycles. The fraction of sp³-hybridized carbons (Fsp3) is 0.803. The predicted molar refractivity (Wildman–Crippen MR) is 312 cm³/mol. The molecule has 0 heterocycles. The van der Waals surface area contributed by atoms with E-state index in [1.165, 1.54) is 186 Å². The van der Waals surface area contributed by atoms with E-state index in [4.69, 9.17) is 14.2 Å². The van der Waals surface area contributed by atoms with Crippen molar-refractivity contribution in [2.75, 3.05) is 13.2 Å². The number of unbranched alkanes of at least 4 members (excludes halogenated alkanes) is 36. The first-order valence-corrected chi connectivity index (χ1v) is 31.3. The minimum atomic E-state index is -0.776. The molecular formula is C66H118O6. The van der Waals surface area contributed by atoms with Gasteiger partial charge in [0.25, 0.3) is 0 Å². The van der Waals surface area contributed by atoms with Crippen molar-refractivity contribution in [1.29, 1.82) is 0 Å². The number of ether oxygens (including phenoxy) is 3. The molecule has 0 saturated heterocycles. The third kappa shape index (κ3) is 58.0. The molecule has 0 aromatic carbocycles. The molecule has 6 heteroatoms. The monoisotopic (exact) mass is 1010 g/mol. The van der Waals surface area contributed by atoms with Gasteiger partial charge in [0.15, 0.2) is 6.10 Å². The van der Waals surface area contributed by atoms with E-state index < -0.39 is 6.10 Å². The Balaban J connectivity index is 4.34. The first kappa shape index (κ1) is 69.1. The summed E-state index contributed by atoms with van der Waals surface area (Å²) in [5.41, 5.74) is 0. The van der Waals surface area contributed by atoms with Crippen LogP contribution in [-0.4, -0.2) is 37.2 Å². The van der Waals surface area contributed by atoms with Crippen molar-refractivity contribution in [3.63, 3.8) is 0 Å². The summed E-state index contributed by atoms with van der Waals surface area (Å²) in [5.74, 6) is -0.864. The minimum absolute atomic E-state index is 0.0728. The van der Waals surface area contributed by atoms with Gasteiger partial charge in [-0.05, 0) is 64.2 Å². The highest BCUT2D eigenvalue weighted by Gasteiger charge is 2.19. The molecule has 0 saturated carbocycles. The topological polar surface area (TPSA) is 78.9 Å². The molecule has 0 aliphatic rings. The van der Waals surface area contributed by atoms with Crippen LogP contribution in [0.1, 0.15) is 323 Å². The van der Waals surface area contributed by atoms with Gasteiger partial charge in [0.2, 0.25) is 0 Å². The van der Waals surface area contributed by atoms with Gasteiger partial charge in [0.05, 0.1) is 0 Å². The van der Waals surface area contributed by atoms with E-state index in [-0.39, 0.29) is 31.1 Å². The lowest BCUT2D eigenvalue weighted by Gasteiger charge is -2.18. The van der Waals surface area contributed by atoms with Crippen LogP contribution in [-0.2, 0) is 28.6 Å². The molecule has 0 aliphatic carbocycles. The molecule has 0 aromatic rings. The van der Waals surface area contributed by atoms with Crippen molar-refractivity contribution in [3.8, 4) is 0 Å². The number of esters is 3. The first-order chi connectivity index (χ1) is 35.5. The summed E-state index contributed by atoms with van der Waals surface area (Å²) in [6.45, 7) is 6.57. The first-order valence-electron chi connectivity index (χ1n) is 31.3. The number of rotatable bonds is 57. The summed E-state index contributed by atoms with van der Waals surface area (Å²) in [5, 5.41) is 0. The van der Waals surface area contributed by atoms with Crippen molar-refractivity contribution in [3.05, 3.63) is 60.8 Å². The number of carbonyl (C=O) groups excluding carboxylic acids is 3. The maximum atomic E-state index is 12.9. The second-order valence-corrected chi connectivity index (χ2v) is 21.0. The van der Waals surface area contributed by atoms with Crippen LogP contribution in [0, 0.1) is 0 Å². The maximum Gasteiger partial charge on any atom is 0.306 e. The molecule has 1 unspecified atom stereocenters. The van der Waals surface area contributed by atoms with Gasteiger partial charge < -0.3 is 14.2 Å². The average molecular weight is 1010 g/mol. The fourth-order valence-electron chi connectivity index (χ4n) is 9.12. The molecule has 6 nitrogen and oxygen atoms in total. The van der Waals surface area contributed by atoms with Gasteiger partial charge in [0, 0.05) is 19.3 Å². The SMILES string of the molecule is CC/C=C\C/C=C\C/C=C\C/C=C\C/C=C\CCCCCCCCCC(=O)OCC(COC(=O)CCCCCCCCCCCCCCCC)OC(=O)CCCCCCCCCCCCCCCCCCC. The molecule has 0 aromatic heterocycles. The lowest BCUT2D eigenvalue weighted by Crippen LogP contribution is -2.30. The Kier molecular flexibility index (Phi) is 58.2. The molecule has 1 atom stereocenters. The lowest BCUT2D eigenvalue weighted by atomic mass is 10.0. The molecule has 418 valence electrons. The van der Waals surface area contributed by atoms with E-state index in [9.17, 15) is 14.4 Å². The molecular weight excluding hydrogens is 889 g/mol. The van der Waals surface area contributed by atoms with Crippen molar-refractivity contribution >= 4 is 17.9 Å². The standard InChI is InChI=1S/C66H118O6/c1-4-7-10-13-16-19-22-25-28-30-31-32-33-34-35-37-38-41-44-47-50-53-56-59-65(68)71-62-63(61-70-64(67)58-55-52-49-46-43-40-27-24-21-18-15-12-9-6-3)72-66(69)60-57-54-51-48-45-42-39-36-29-26-23-20-17-14-11-8-5-2/h7,10,16,19,25,28,31-32,34-35,63H,4-6,8-9,11-15,17-18,20-24,26-27,29-30,33,36-62H2,1-3H3/b10-7-,19-16-,28-25-,32-31-,35-34-. The van der Waals surface area contributed by atoms with E-state index in [1.54, 1.807) is 0 Å². The Labute approximate surface area is 447 Å². The van der Waals surface area contributed by atoms with Crippen LogP contribution in [0.25, 0.3) is 0 Å². The molecule has 0 amide bonds. The van der Waals surface area contributed by atoms with Gasteiger partial charge in [-0.2, -0.15) is 0 Å². The van der Waals surface area contributed by atoms with Crippen molar-refractivity contribution in [1.82, 2.24) is 0 Å². The Bertz CT molecular complexity index is 1290. The maximum absolute atomic E-state index is 12.9. The third-order valence-corrected chi connectivity index (χ3v) is 13.8. The van der Waals surface area contributed by atoms with Crippen LogP contribution in [0.2, 0.25) is 0 Å². The van der Waals surface area contributed by atoms with Gasteiger partial charge in [-0.3, -0.25) is 14.4 Å². The normalized spacial score (nSPS) is 12.4. The van der Waals surface area contributed by atoms with Crippen molar-refractivity contribution in [2.45, 2.75) is 329 Å². The molecule has 0 bridgehead atoms. The second-order valence-electron chi connectivity index (χ2n) is 21.0. The molecule has 0 spiro atoms. The lowest BCUT2D eigenvalue weighted by molar-refractivity contribution is -0.167. The zero-order valence-electron chi connectivity index (χ0n) is 47.9. The highest BCUT2D eigenvalue weighted by molar-refractivity contribution is 5.71. The minimum Gasteiger partial charge on any atom is -0.462 e. The Morgan fingerprint density at radius 2 is 0.542 bits per heavy atom. The van der Waals surface area contributed by atoms with Gasteiger partial charge in [-0.15, -0.1) is 0 Å². The van der Waals surface area contributed by atoms with Gasteiger partial charge in [-0.1, -0.05) is 300 Å². The van der Waals surface area contributed by atoms with Crippen molar-refractivity contribution in [2.24, 2.45) is 0 Å². The van der Waals surface area contributed by atoms with E-state index in [0.29, 0.717) is 19.3 Å². The smallest absolute Gasteiger partial charge is 0.306 e.